The molecule has 124 valence electrons. The van der Waals surface area contributed by atoms with Gasteiger partial charge in [-0.1, -0.05) is 30.3 Å². The fourth-order valence-corrected chi connectivity index (χ4v) is 2.79. The van der Waals surface area contributed by atoms with Crippen LogP contribution in [0.3, 0.4) is 0 Å². The highest BCUT2D eigenvalue weighted by molar-refractivity contribution is 5.33. The molecule has 2 N–H and O–H groups in total. The first kappa shape index (κ1) is 17.4. The van der Waals surface area contributed by atoms with Gasteiger partial charge in [0.25, 0.3) is 0 Å². The van der Waals surface area contributed by atoms with Crippen molar-refractivity contribution in [2.24, 2.45) is 5.73 Å². The van der Waals surface area contributed by atoms with Crippen LogP contribution in [0.1, 0.15) is 36.8 Å². The first-order chi connectivity index (χ1) is 11.2. The maximum atomic E-state index is 5.96. The van der Waals surface area contributed by atoms with Crippen LogP contribution in [0.15, 0.2) is 48.5 Å². The van der Waals surface area contributed by atoms with Crippen LogP contribution >= 0.6 is 0 Å². The molecule has 0 spiro atoms. The maximum Gasteiger partial charge on any atom is 0.122 e. The molecule has 3 nitrogen and oxygen atoms in total. The molecule has 1 atom stereocenters. The van der Waals surface area contributed by atoms with Crippen LogP contribution in [0.2, 0.25) is 0 Å². The van der Waals surface area contributed by atoms with E-state index >= 15 is 0 Å². The van der Waals surface area contributed by atoms with E-state index in [0.29, 0.717) is 25.7 Å². The van der Waals surface area contributed by atoms with E-state index in [1.54, 1.807) is 0 Å². The average Bonchev–Trinajstić information content (AvgIpc) is 2.57. The lowest BCUT2D eigenvalue weighted by atomic mass is 9.91. The van der Waals surface area contributed by atoms with Gasteiger partial charge in [-0.3, -0.25) is 0 Å². The molecule has 2 aromatic rings. The van der Waals surface area contributed by atoms with E-state index in [2.05, 4.69) is 31.2 Å². The SMILES string of the molecule is CCOc1cccc(OCCCC(CN)c2ccccc2C)c1. The Morgan fingerprint density at radius 2 is 1.74 bits per heavy atom. The highest BCUT2D eigenvalue weighted by Gasteiger charge is 2.11. The van der Waals surface area contributed by atoms with Crippen molar-refractivity contribution in [3.8, 4) is 11.5 Å². The summed E-state index contributed by atoms with van der Waals surface area (Å²) >= 11 is 0. The minimum Gasteiger partial charge on any atom is -0.494 e. The topological polar surface area (TPSA) is 44.5 Å². The molecule has 0 saturated heterocycles. The quantitative estimate of drug-likeness (QED) is 0.702. The second kappa shape index (κ2) is 9.21. The van der Waals surface area contributed by atoms with Gasteiger partial charge < -0.3 is 15.2 Å². The molecular formula is C20H27NO2. The summed E-state index contributed by atoms with van der Waals surface area (Å²) in [7, 11) is 0. The van der Waals surface area contributed by atoms with Crippen LogP contribution < -0.4 is 15.2 Å². The molecular weight excluding hydrogens is 286 g/mol. The summed E-state index contributed by atoms with van der Waals surface area (Å²) in [6.07, 6.45) is 2.02. The Kier molecular flexibility index (Phi) is 6.95. The molecule has 0 bridgehead atoms. The van der Waals surface area contributed by atoms with E-state index in [0.717, 1.165) is 24.3 Å². The van der Waals surface area contributed by atoms with Gasteiger partial charge in [0.1, 0.15) is 11.5 Å². The number of aryl methyl sites for hydroxylation is 1. The minimum absolute atomic E-state index is 0.398. The molecule has 3 heteroatoms. The molecule has 0 fully saturated rings. The van der Waals surface area contributed by atoms with E-state index in [9.17, 15) is 0 Å². The van der Waals surface area contributed by atoms with Crippen LogP contribution in [0.4, 0.5) is 0 Å². The van der Waals surface area contributed by atoms with Crippen LogP contribution in [0.25, 0.3) is 0 Å². The molecule has 0 aliphatic heterocycles. The number of benzene rings is 2. The third kappa shape index (κ3) is 5.29. The van der Waals surface area contributed by atoms with Gasteiger partial charge in [0.05, 0.1) is 13.2 Å². The summed E-state index contributed by atoms with van der Waals surface area (Å²) in [6.45, 7) is 6.15. The van der Waals surface area contributed by atoms with Gasteiger partial charge in [0.15, 0.2) is 0 Å². The second-order valence-corrected chi connectivity index (χ2v) is 5.69. The van der Waals surface area contributed by atoms with Crippen molar-refractivity contribution in [2.75, 3.05) is 19.8 Å². The summed E-state index contributed by atoms with van der Waals surface area (Å²) in [5.41, 5.74) is 8.63. The molecule has 0 amide bonds. The van der Waals surface area contributed by atoms with Crippen LogP contribution in [0, 0.1) is 6.92 Å². The molecule has 0 aromatic heterocycles. The monoisotopic (exact) mass is 313 g/mol. The van der Waals surface area contributed by atoms with Gasteiger partial charge in [0.2, 0.25) is 0 Å². The zero-order valence-electron chi connectivity index (χ0n) is 14.1. The summed E-state index contributed by atoms with van der Waals surface area (Å²) in [5, 5.41) is 0. The second-order valence-electron chi connectivity index (χ2n) is 5.69. The Bertz CT molecular complexity index is 598. The number of ether oxygens (including phenoxy) is 2. The first-order valence-corrected chi connectivity index (χ1v) is 8.35. The predicted octanol–water partition coefficient (Wildman–Crippen LogP) is 4.30. The van der Waals surface area contributed by atoms with Crippen molar-refractivity contribution >= 4 is 0 Å². The van der Waals surface area contributed by atoms with Crippen LogP contribution in [-0.2, 0) is 0 Å². The van der Waals surface area contributed by atoms with E-state index in [1.165, 1.54) is 11.1 Å². The first-order valence-electron chi connectivity index (χ1n) is 8.35. The highest BCUT2D eigenvalue weighted by Crippen LogP contribution is 2.24. The normalized spacial score (nSPS) is 12.0. The number of hydrogen-bond acceptors (Lipinski definition) is 3. The van der Waals surface area contributed by atoms with Crippen molar-refractivity contribution in [3.63, 3.8) is 0 Å². The smallest absolute Gasteiger partial charge is 0.122 e. The fourth-order valence-electron chi connectivity index (χ4n) is 2.79. The Labute approximate surface area is 139 Å². The van der Waals surface area contributed by atoms with Crippen LogP contribution in [-0.4, -0.2) is 19.8 Å². The van der Waals surface area contributed by atoms with Gasteiger partial charge in [0, 0.05) is 6.07 Å². The average molecular weight is 313 g/mol. The third-order valence-electron chi connectivity index (χ3n) is 3.99. The van der Waals surface area contributed by atoms with Crippen LogP contribution in [0.5, 0.6) is 11.5 Å². The maximum absolute atomic E-state index is 5.96. The summed E-state index contributed by atoms with van der Waals surface area (Å²) in [4.78, 5) is 0. The van der Waals surface area contributed by atoms with Gasteiger partial charge in [-0.05, 0) is 62.4 Å². The molecule has 2 aromatic carbocycles. The summed E-state index contributed by atoms with van der Waals surface area (Å²) in [6, 6.07) is 16.3. The molecule has 2 rings (SSSR count). The summed E-state index contributed by atoms with van der Waals surface area (Å²) < 4.78 is 11.3. The molecule has 23 heavy (non-hydrogen) atoms. The van der Waals surface area contributed by atoms with Gasteiger partial charge >= 0.3 is 0 Å². The predicted molar refractivity (Wildman–Crippen MR) is 95.3 cm³/mol. The van der Waals surface area contributed by atoms with Crippen molar-refractivity contribution in [1.29, 1.82) is 0 Å². The molecule has 0 aliphatic carbocycles. The van der Waals surface area contributed by atoms with E-state index in [1.807, 2.05) is 31.2 Å². The lowest BCUT2D eigenvalue weighted by Gasteiger charge is -2.17. The van der Waals surface area contributed by atoms with E-state index in [-0.39, 0.29) is 0 Å². The number of rotatable bonds is 9. The van der Waals surface area contributed by atoms with Gasteiger partial charge in [-0.2, -0.15) is 0 Å². The highest BCUT2D eigenvalue weighted by atomic mass is 16.5. The molecule has 0 saturated carbocycles. The Hall–Kier alpha value is -2.00. The largest absolute Gasteiger partial charge is 0.494 e. The fraction of sp³-hybridized carbons (Fsp3) is 0.400. The summed E-state index contributed by atoms with van der Waals surface area (Å²) in [5.74, 6) is 2.11. The van der Waals surface area contributed by atoms with Crippen molar-refractivity contribution in [3.05, 3.63) is 59.7 Å². The van der Waals surface area contributed by atoms with Crippen molar-refractivity contribution in [2.45, 2.75) is 32.6 Å². The molecule has 0 aliphatic rings. The lowest BCUT2D eigenvalue weighted by Crippen LogP contribution is -2.14. The third-order valence-corrected chi connectivity index (χ3v) is 3.99. The standard InChI is InChI=1S/C20H27NO2/c1-3-22-18-10-6-11-19(14-18)23-13-7-9-17(15-21)20-12-5-4-8-16(20)2/h4-6,8,10-12,14,17H,3,7,9,13,15,21H2,1-2H3. The Balaban J connectivity index is 1.82. The Morgan fingerprint density at radius 3 is 2.43 bits per heavy atom. The molecule has 0 heterocycles. The van der Waals surface area contributed by atoms with Gasteiger partial charge in [-0.15, -0.1) is 0 Å². The van der Waals surface area contributed by atoms with E-state index < -0.39 is 0 Å². The zero-order chi connectivity index (χ0) is 16.5. The lowest BCUT2D eigenvalue weighted by molar-refractivity contribution is 0.296. The molecule has 1 unspecified atom stereocenters. The zero-order valence-corrected chi connectivity index (χ0v) is 14.1. The van der Waals surface area contributed by atoms with Gasteiger partial charge in [-0.25, -0.2) is 0 Å². The minimum atomic E-state index is 0.398. The number of hydrogen-bond donors (Lipinski definition) is 1. The number of nitrogens with two attached hydrogens (primary N) is 1. The molecule has 0 radical (unpaired) electrons. The van der Waals surface area contributed by atoms with Crippen molar-refractivity contribution < 1.29 is 9.47 Å². The van der Waals surface area contributed by atoms with Crippen molar-refractivity contribution in [1.82, 2.24) is 0 Å². The van der Waals surface area contributed by atoms with E-state index in [4.69, 9.17) is 15.2 Å². The Morgan fingerprint density at radius 1 is 1.00 bits per heavy atom.